The number of rotatable bonds is 6. The van der Waals surface area contributed by atoms with Gasteiger partial charge in [-0.1, -0.05) is 0 Å². The topological polar surface area (TPSA) is 83.0 Å². The highest BCUT2D eigenvalue weighted by atomic mass is 16.5. The number of hydrogen-bond acceptors (Lipinski definition) is 6. The summed E-state index contributed by atoms with van der Waals surface area (Å²) in [5.41, 5.74) is 2.91. The van der Waals surface area contributed by atoms with Gasteiger partial charge in [-0.3, -0.25) is 14.6 Å². The minimum atomic E-state index is -0.680. The Morgan fingerprint density at radius 1 is 1.17 bits per heavy atom. The van der Waals surface area contributed by atoms with E-state index in [0.29, 0.717) is 24.4 Å². The number of aromatic nitrogens is 1. The average Bonchev–Trinajstić information content (AvgIpc) is 2.98. The van der Waals surface area contributed by atoms with E-state index in [1.165, 1.54) is 4.90 Å². The Kier molecular flexibility index (Phi) is 6.22. The lowest BCUT2D eigenvalue weighted by Gasteiger charge is -2.26. The van der Waals surface area contributed by atoms with Crippen molar-refractivity contribution >= 4 is 17.4 Å². The van der Waals surface area contributed by atoms with Gasteiger partial charge in [-0.05, 0) is 68.9 Å². The molecule has 7 nitrogen and oxygen atoms in total. The molecule has 1 aliphatic heterocycles. The first-order valence-corrected chi connectivity index (χ1v) is 9.75. The van der Waals surface area contributed by atoms with Crippen LogP contribution in [0.1, 0.15) is 28.3 Å². The number of carbonyl (C=O) groups is 2. The second kappa shape index (κ2) is 8.67. The van der Waals surface area contributed by atoms with Gasteiger partial charge in [0.05, 0.1) is 18.7 Å². The van der Waals surface area contributed by atoms with Gasteiger partial charge in [0.15, 0.2) is 0 Å². The summed E-state index contributed by atoms with van der Waals surface area (Å²) in [5, 5.41) is 11.2. The summed E-state index contributed by atoms with van der Waals surface area (Å²) < 4.78 is 5.35. The minimum absolute atomic E-state index is 0.0950. The second-order valence-corrected chi connectivity index (χ2v) is 7.71. The molecule has 1 atom stereocenters. The molecule has 1 aromatic heterocycles. The van der Waals surface area contributed by atoms with Crippen molar-refractivity contribution in [1.29, 1.82) is 0 Å². The quantitative estimate of drug-likeness (QED) is 0.449. The highest BCUT2D eigenvalue weighted by molar-refractivity contribution is 6.46. The summed E-state index contributed by atoms with van der Waals surface area (Å²) in [7, 11) is 5.39. The predicted octanol–water partition coefficient (Wildman–Crippen LogP) is 2.69. The number of carbonyl (C=O) groups excluding carboxylic acids is 2. The summed E-state index contributed by atoms with van der Waals surface area (Å²) in [6.07, 6.45) is 3.23. The van der Waals surface area contributed by atoms with Crippen molar-refractivity contribution in [3.05, 3.63) is 64.5 Å². The van der Waals surface area contributed by atoms with E-state index in [0.717, 1.165) is 16.7 Å². The third-order valence-corrected chi connectivity index (χ3v) is 5.35. The number of aliphatic hydroxyl groups excluding tert-OH is 1. The fourth-order valence-electron chi connectivity index (χ4n) is 3.72. The van der Waals surface area contributed by atoms with Crippen LogP contribution in [-0.2, 0) is 9.59 Å². The molecule has 1 N–H and O–H groups in total. The average molecular weight is 409 g/mol. The fraction of sp³-hybridized carbons (Fsp3) is 0.348. The Labute approximate surface area is 176 Å². The predicted molar refractivity (Wildman–Crippen MR) is 114 cm³/mol. The van der Waals surface area contributed by atoms with Gasteiger partial charge >= 0.3 is 0 Å². The summed E-state index contributed by atoms with van der Waals surface area (Å²) in [6, 6.07) is 6.45. The molecule has 0 saturated carbocycles. The van der Waals surface area contributed by atoms with Crippen LogP contribution in [0.15, 0.2) is 42.2 Å². The first-order valence-electron chi connectivity index (χ1n) is 9.75. The van der Waals surface area contributed by atoms with E-state index in [1.807, 2.05) is 38.9 Å². The molecule has 1 saturated heterocycles. The molecule has 1 fully saturated rings. The first-order chi connectivity index (χ1) is 14.3. The molecule has 1 aromatic carbocycles. The number of methoxy groups -OCH3 is 1. The van der Waals surface area contributed by atoms with E-state index in [-0.39, 0.29) is 11.3 Å². The van der Waals surface area contributed by atoms with E-state index >= 15 is 0 Å². The minimum Gasteiger partial charge on any atom is -0.507 e. The molecule has 2 aromatic rings. The van der Waals surface area contributed by atoms with Crippen LogP contribution in [0, 0.1) is 13.8 Å². The van der Waals surface area contributed by atoms with Crippen LogP contribution in [0.3, 0.4) is 0 Å². The lowest BCUT2D eigenvalue weighted by molar-refractivity contribution is -0.140. The number of benzene rings is 1. The second-order valence-electron chi connectivity index (χ2n) is 7.71. The number of likely N-dealkylation sites (N-methyl/N-ethyl adjacent to an activating group) is 1. The fourth-order valence-corrected chi connectivity index (χ4v) is 3.72. The zero-order valence-corrected chi connectivity index (χ0v) is 18.0. The van der Waals surface area contributed by atoms with Crippen molar-refractivity contribution in [3.8, 4) is 5.75 Å². The molecule has 1 unspecified atom stereocenters. The number of aliphatic hydroxyl groups is 1. The highest BCUT2D eigenvalue weighted by Gasteiger charge is 2.46. The van der Waals surface area contributed by atoms with Gasteiger partial charge in [0.2, 0.25) is 0 Å². The van der Waals surface area contributed by atoms with Crippen LogP contribution >= 0.6 is 0 Å². The number of pyridine rings is 1. The maximum absolute atomic E-state index is 13.0. The maximum Gasteiger partial charge on any atom is 0.295 e. The molecule has 7 heteroatoms. The van der Waals surface area contributed by atoms with Crippen molar-refractivity contribution in [2.45, 2.75) is 19.9 Å². The van der Waals surface area contributed by atoms with Gasteiger partial charge in [0.25, 0.3) is 11.7 Å². The van der Waals surface area contributed by atoms with Crippen molar-refractivity contribution in [1.82, 2.24) is 14.8 Å². The Bertz CT molecular complexity index is 999. The van der Waals surface area contributed by atoms with Crippen LogP contribution in [-0.4, -0.2) is 65.9 Å². The Hall–Kier alpha value is -3.19. The zero-order valence-electron chi connectivity index (χ0n) is 18.0. The smallest absolute Gasteiger partial charge is 0.295 e. The lowest BCUT2D eigenvalue weighted by Crippen LogP contribution is -2.35. The number of ketones is 1. The van der Waals surface area contributed by atoms with Crippen LogP contribution in [0.4, 0.5) is 0 Å². The highest BCUT2D eigenvalue weighted by Crippen LogP contribution is 2.40. The number of Topliss-reactive ketones (excluding diaryl/α,β-unsaturated/α-hetero) is 1. The van der Waals surface area contributed by atoms with Crippen LogP contribution in [0.5, 0.6) is 5.75 Å². The standard InChI is InChI=1S/C23H27N3O4/c1-14-13-18(30-5)15(2)12-17(14)21(27)19-20(16-6-8-24-9-7-16)26(11-10-25(3)4)23(29)22(19)28/h6-9,12-13,20,27H,10-11H2,1-5H3/b21-19+. The molecule has 0 spiro atoms. The van der Waals surface area contributed by atoms with E-state index in [1.54, 1.807) is 37.7 Å². The maximum atomic E-state index is 13.0. The number of hydrogen-bond donors (Lipinski definition) is 1. The SMILES string of the molecule is COc1cc(C)c(/C(O)=C2\C(=O)C(=O)N(CCN(C)C)C2c2ccncc2)cc1C. The third-order valence-electron chi connectivity index (χ3n) is 5.35. The van der Waals surface area contributed by atoms with Gasteiger partial charge in [0, 0.05) is 31.0 Å². The normalized spacial score (nSPS) is 18.3. The van der Waals surface area contributed by atoms with Crippen LogP contribution in [0.2, 0.25) is 0 Å². The molecule has 30 heavy (non-hydrogen) atoms. The number of aryl methyl sites for hydroxylation is 2. The monoisotopic (exact) mass is 409 g/mol. The number of amides is 1. The van der Waals surface area contributed by atoms with Crippen molar-refractivity contribution in [2.24, 2.45) is 0 Å². The largest absolute Gasteiger partial charge is 0.507 e. The number of ether oxygens (including phenoxy) is 1. The Morgan fingerprint density at radius 3 is 2.43 bits per heavy atom. The molecule has 1 aliphatic rings. The Morgan fingerprint density at radius 2 is 1.83 bits per heavy atom. The molecule has 0 radical (unpaired) electrons. The molecule has 2 heterocycles. The first kappa shape index (κ1) is 21.5. The van der Waals surface area contributed by atoms with Gasteiger partial charge < -0.3 is 19.6 Å². The molecule has 0 aliphatic carbocycles. The van der Waals surface area contributed by atoms with Gasteiger partial charge in [-0.25, -0.2) is 0 Å². The van der Waals surface area contributed by atoms with E-state index in [2.05, 4.69) is 4.98 Å². The zero-order chi connectivity index (χ0) is 22.0. The molecule has 0 bridgehead atoms. The molecule has 1 amide bonds. The molecular weight excluding hydrogens is 382 g/mol. The van der Waals surface area contributed by atoms with Crippen molar-refractivity contribution < 1.29 is 19.4 Å². The molecule has 3 rings (SSSR count). The Balaban J connectivity index is 2.18. The van der Waals surface area contributed by atoms with Gasteiger partial charge in [-0.2, -0.15) is 0 Å². The molecular formula is C23H27N3O4. The number of likely N-dealkylation sites (tertiary alicyclic amines) is 1. The summed E-state index contributed by atoms with van der Waals surface area (Å²) in [6.45, 7) is 4.66. The van der Waals surface area contributed by atoms with E-state index < -0.39 is 17.7 Å². The van der Waals surface area contributed by atoms with Gasteiger partial charge in [-0.15, -0.1) is 0 Å². The van der Waals surface area contributed by atoms with E-state index in [9.17, 15) is 14.7 Å². The lowest BCUT2D eigenvalue weighted by atomic mass is 9.93. The summed E-state index contributed by atoms with van der Waals surface area (Å²) in [5.74, 6) is -0.768. The summed E-state index contributed by atoms with van der Waals surface area (Å²) in [4.78, 5) is 33.4. The summed E-state index contributed by atoms with van der Waals surface area (Å²) >= 11 is 0. The van der Waals surface area contributed by atoms with Crippen molar-refractivity contribution in [2.75, 3.05) is 34.3 Å². The van der Waals surface area contributed by atoms with Crippen molar-refractivity contribution in [3.63, 3.8) is 0 Å². The van der Waals surface area contributed by atoms with E-state index in [4.69, 9.17) is 4.74 Å². The number of nitrogens with zero attached hydrogens (tertiary/aromatic N) is 3. The van der Waals surface area contributed by atoms with Gasteiger partial charge in [0.1, 0.15) is 11.5 Å². The van der Waals surface area contributed by atoms with Crippen LogP contribution < -0.4 is 4.74 Å². The third kappa shape index (κ3) is 3.93. The molecule has 158 valence electrons. The van der Waals surface area contributed by atoms with Crippen LogP contribution in [0.25, 0.3) is 5.76 Å².